The third-order valence-corrected chi connectivity index (χ3v) is 3.15. The first kappa shape index (κ1) is 10.9. The normalized spacial score (nSPS) is 10.9. The van der Waals surface area contributed by atoms with Crippen LogP contribution in [0.15, 0.2) is 27.4 Å². The van der Waals surface area contributed by atoms with Crippen LogP contribution in [0.1, 0.15) is 5.56 Å². The van der Waals surface area contributed by atoms with Crippen molar-refractivity contribution in [3.63, 3.8) is 0 Å². The molecule has 1 N–H and O–H groups in total. The molecule has 7 nitrogen and oxygen atoms in total. The van der Waals surface area contributed by atoms with E-state index < -0.39 is 0 Å². The Morgan fingerprint density at radius 2 is 2.39 bits per heavy atom. The minimum Gasteiger partial charge on any atom is -0.408 e. The average Bonchev–Trinajstić information content (AvgIpc) is 2.97. The molecule has 0 saturated carbocycles. The quantitative estimate of drug-likeness (QED) is 0.758. The van der Waals surface area contributed by atoms with E-state index in [2.05, 4.69) is 20.1 Å². The van der Waals surface area contributed by atoms with Crippen LogP contribution >= 0.6 is 11.5 Å². The lowest BCUT2D eigenvalue weighted by Crippen LogP contribution is -2.08. The van der Waals surface area contributed by atoms with Crippen molar-refractivity contribution < 1.29 is 4.42 Å². The predicted molar refractivity (Wildman–Crippen MR) is 66.5 cm³/mol. The number of aryl methyl sites for hydroxylation is 1. The summed E-state index contributed by atoms with van der Waals surface area (Å²) in [6, 6.07) is 5.62. The van der Waals surface area contributed by atoms with Crippen molar-refractivity contribution in [3.05, 3.63) is 34.3 Å². The van der Waals surface area contributed by atoms with E-state index in [1.165, 1.54) is 16.1 Å². The second-order valence-electron chi connectivity index (χ2n) is 3.75. The number of nitrogens with zero attached hydrogens (tertiary/aromatic N) is 4. The Hall–Kier alpha value is -2.22. The number of hydrogen-bond donors (Lipinski definition) is 1. The molecule has 0 aliphatic carbocycles. The largest absolute Gasteiger partial charge is 0.419 e. The van der Waals surface area contributed by atoms with Crippen molar-refractivity contribution in [3.8, 4) is 0 Å². The number of fused-ring (bicyclic) bond motifs is 1. The van der Waals surface area contributed by atoms with Crippen molar-refractivity contribution in [2.75, 3.05) is 5.32 Å². The van der Waals surface area contributed by atoms with E-state index in [0.29, 0.717) is 17.3 Å². The Labute approximate surface area is 105 Å². The fourth-order valence-corrected chi connectivity index (χ4v) is 2.03. The summed E-state index contributed by atoms with van der Waals surface area (Å²) in [6.07, 6.45) is 0. The summed E-state index contributed by atoms with van der Waals surface area (Å²) in [6.45, 7) is 0.575. The summed E-state index contributed by atoms with van der Waals surface area (Å²) in [5, 5.41) is 11.0. The number of aromatic nitrogens is 4. The molecule has 0 atom stereocenters. The number of nitrogens with one attached hydrogen (secondary N) is 1. The molecule has 3 aromatic rings. The van der Waals surface area contributed by atoms with Crippen LogP contribution in [0.2, 0.25) is 0 Å². The minimum atomic E-state index is -0.358. The highest BCUT2D eigenvalue weighted by Gasteiger charge is 2.06. The Kier molecular flexibility index (Phi) is 2.56. The number of benzene rings is 1. The van der Waals surface area contributed by atoms with E-state index in [9.17, 15) is 4.79 Å². The highest BCUT2D eigenvalue weighted by atomic mass is 32.1. The lowest BCUT2D eigenvalue weighted by Gasteiger charge is -2.01. The van der Waals surface area contributed by atoms with Crippen LogP contribution in [0.25, 0.3) is 11.1 Å². The van der Waals surface area contributed by atoms with Gasteiger partial charge >= 0.3 is 5.76 Å². The van der Waals surface area contributed by atoms with E-state index in [1.54, 1.807) is 7.05 Å². The summed E-state index contributed by atoms with van der Waals surface area (Å²) in [4.78, 5) is 11.4. The van der Waals surface area contributed by atoms with Crippen molar-refractivity contribution in [1.82, 2.24) is 19.4 Å². The van der Waals surface area contributed by atoms with E-state index >= 15 is 0 Å². The van der Waals surface area contributed by atoms with E-state index in [0.717, 1.165) is 11.1 Å². The topological polar surface area (TPSA) is 85.8 Å². The molecule has 2 aromatic heterocycles. The number of rotatable bonds is 3. The molecule has 8 heteroatoms. The van der Waals surface area contributed by atoms with Crippen molar-refractivity contribution in [2.24, 2.45) is 7.05 Å². The maximum absolute atomic E-state index is 11.4. The summed E-state index contributed by atoms with van der Waals surface area (Å²) >= 11 is 1.19. The average molecular weight is 263 g/mol. The standard InChI is InChI=1S/C10H9N5O2S/c1-15-7-3-2-6(4-8(7)17-10(15)16)5-11-9-12-13-14-18-9/h2-4H,5H2,1H3,(H,11,12,14). The molecule has 0 aliphatic heterocycles. The zero-order valence-corrected chi connectivity index (χ0v) is 10.3. The molecule has 0 aliphatic rings. The number of anilines is 1. The second kappa shape index (κ2) is 4.22. The van der Waals surface area contributed by atoms with Crippen molar-refractivity contribution >= 4 is 27.8 Å². The molecule has 3 rings (SSSR count). The van der Waals surface area contributed by atoms with E-state index in [4.69, 9.17) is 4.42 Å². The molecule has 0 saturated heterocycles. The Morgan fingerprint density at radius 3 is 3.17 bits per heavy atom. The first-order valence-corrected chi connectivity index (χ1v) is 5.99. The summed E-state index contributed by atoms with van der Waals surface area (Å²) < 4.78 is 10.2. The number of oxazole rings is 1. The zero-order chi connectivity index (χ0) is 12.5. The molecule has 0 amide bonds. The predicted octanol–water partition coefficient (Wildman–Crippen LogP) is 0.990. The monoisotopic (exact) mass is 263 g/mol. The van der Waals surface area contributed by atoms with Crippen LogP contribution in [0.5, 0.6) is 0 Å². The molecular weight excluding hydrogens is 254 g/mol. The first-order valence-electron chi connectivity index (χ1n) is 5.21. The maximum Gasteiger partial charge on any atom is 0.419 e. The van der Waals surface area contributed by atoms with E-state index in [1.807, 2.05) is 18.2 Å². The van der Waals surface area contributed by atoms with Gasteiger partial charge in [0, 0.05) is 25.1 Å². The van der Waals surface area contributed by atoms with Gasteiger partial charge in [0.05, 0.1) is 5.52 Å². The van der Waals surface area contributed by atoms with Gasteiger partial charge in [-0.3, -0.25) is 4.57 Å². The van der Waals surface area contributed by atoms with Gasteiger partial charge in [-0.05, 0) is 22.9 Å². The molecule has 1 aromatic carbocycles. The van der Waals surface area contributed by atoms with Crippen LogP contribution in [0.4, 0.5) is 5.13 Å². The van der Waals surface area contributed by atoms with Gasteiger partial charge in [-0.2, -0.15) is 0 Å². The first-order chi connectivity index (χ1) is 8.74. The Bertz CT molecular complexity index is 730. The summed E-state index contributed by atoms with van der Waals surface area (Å²) in [7, 11) is 1.68. The number of hydrogen-bond acceptors (Lipinski definition) is 7. The molecule has 92 valence electrons. The maximum atomic E-state index is 11.4. The van der Waals surface area contributed by atoms with Gasteiger partial charge in [0.1, 0.15) is 0 Å². The van der Waals surface area contributed by atoms with E-state index in [-0.39, 0.29) is 5.76 Å². The van der Waals surface area contributed by atoms with Gasteiger partial charge in [-0.25, -0.2) is 4.79 Å². The molecule has 0 bridgehead atoms. The molecule has 2 heterocycles. The lowest BCUT2D eigenvalue weighted by atomic mass is 10.2. The van der Waals surface area contributed by atoms with Gasteiger partial charge in [0.2, 0.25) is 5.13 Å². The van der Waals surface area contributed by atoms with Crippen LogP contribution in [0.3, 0.4) is 0 Å². The summed E-state index contributed by atoms with van der Waals surface area (Å²) in [5.74, 6) is -0.358. The van der Waals surface area contributed by atoms with Crippen LogP contribution in [0, 0.1) is 0 Å². The fourth-order valence-electron chi connectivity index (χ4n) is 1.67. The van der Waals surface area contributed by atoms with Crippen LogP contribution in [-0.2, 0) is 13.6 Å². The van der Waals surface area contributed by atoms with Gasteiger partial charge < -0.3 is 9.73 Å². The molecule has 0 spiro atoms. The van der Waals surface area contributed by atoms with Crippen molar-refractivity contribution in [2.45, 2.75) is 6.54 Å². The molecular formula is C10H9N5O2S. The lowest BCUT2D eigenvalue weighted by molar-refractivity contribution is 0.528. The van der Waals surface area contributed by atoms with Crippen molar-refractivity contribution in [1.29, 1.82) is 0 Å². The smallest absolute Gasteiger partial charge is 0.408 e. The zero-order valence-electron chi connectivity index (χ0n) is 9.45. The van der Waals surface area contributed by atoms with Gasteiger partial charge in [0.25, 0.3) is 0 Å². The minimum absolute atomic E-state index is 0.358. The third-order valence-electron chi connectivity index (χ3n) is 2.60. The highest BCUT2D eigenvalue weighted by molar-refractivity contribution is 7.09. The summed E-state index contributed by atoms with van der Waals surface area (Å²) in [5.41, 5.74) is 2.35. The molecule has 18 heavy (non-hydrogen) atoms. The Balaban J connectivity index is 1.87. The molecule has 0 fully saturated rings. The van der Waals surface area contributed by atoms with Gasteiger partial charge in [0.15, 0.2) is 5.58 Å². The van der Waals surface area contributed by atoms with Crippen LogP contribution in [-0.4, -0.2) is 19.4 Å². The highest BCUT2D eigenvalue weighted by Crippen LogP contribution is 2.15. The third kappa shape index (κ3) is 1.86. The Morgan fingerprint density at radius 1 is 1.50 bits per heavy atom. The fraction of sp³-hybridized carbons (Fsp3) is 0.200. The second-order valence-corrected chi connectivity index (χ2v) is 4.48. The molecule has 0 radical (unpaired) electrons. The van der Waals surface area contributed by atoms with Gasteiger partial charge in [-0.15, -0.1) is 0 Å². The SMILES string of the molecule is Cn1c(=O)oc2cc(CNc3nnns3)ccc21. The molecule has 0 unspecified atom stereocenters. The van der Waals surface area contributed by atoms with Gasteiger partial charge in [-0.1, -0.05) is 15.7 Å². The van der Waals surface area contributed by atoms with Crippen LogP contribution < -0.4 is 11.1 Å².